The lowest BCUT2D eigenvalue weighted by molar-refractivity contribution is 0.0588. The number of aryl methyl sites for hydroxylation is 1. The average Bonchev–Trinajstić information content (AvgIpc) is 2.79. The molecule has 0 aliphatic carbocycles. The Bertz CT molecular complexity index is 577. The van der Waals surface area contributed by atoms with Gasteiger partial charge in [0.05, 0.1) is 16.4 Å². The van der Waals surface area contributed by atoms with Crippen molar-refractivity contribution in [2.75, 3.05) is 19.7 Å². The van der Waals surface area contributed by atoms with E-state index in [1.54, 1.807) is 0 Å². The molecule has 2 rings (SSSR count). The second kappa shape index (κ2) is 6.64. The monoisotopic (exact) mass is 305 g/mol. The number of aliphatic hydroxyl groups is 1. The molecule has 1 saturated heterocycles. The molecule has 0 unspecified atom stereocenters. The summed E-state index contributed by atoms with van der Waals surface area (Å²) in [5.74, 6) is 6.10. The van der Waals surface area contributed by atoms with E-state index in [1.165, 1.54) is 17.8 Å². The zero-order chi connectivity index (χ0) is 15.5. The molecule has 1 aliphatic heterocycles. The van der Waals surface area contributed by atoms with Crippen molar-refractivity contribution in [1.82, 2.24) is 4.90 Å². The number of hydrogen-bond donors (Lipinski definition) is 1. The van der Waals surface area contributed by atoms with Gasteiger partial charge in [-0.15, -0.1) is 11.3 Å². The van der Waals surface area contributed by atoms with Crippen molar-refractivity contribution in [3.63, 3.8) is 0 Å². The van der Waals surface area contributed by atoms with Gasteiger partial charge in [-0.05, 0) is 36.8 Å². The van der Waals surface area contributed by atoms with Gasteiger partial charge in [-0.1, -0.05) is 25.7 Å². The number of likely N-dealkylation sites (tertiary alicyclic amines) is 1. The average molecular weight is 305 g/mol. The topological polar surface area (TPSA) is 40.5 Å². The van der Waals surface area contributed by atoms with Gasteiger partial charge < -0.3 is 10.0 Å². The molecule has 2 heterocycles. The van der Waals surface area contributed by atoms with Crippen molar-refractivity contribution in [2.24, 2.45) is 5.41 Å². The first kappa shape index (κ1) is 16.1. The fourth-order valence-corrected chi connectivity index (χ4v) is 3.68. The molecular weight excluding hydrogens is 282 g/mol. The first-order valence-electron chi connectivity index (χ1n) is 7.42. The lowest BCUT2D eigenvalue weighted by Crippen LogP contribution is -2.43. The van der Waals surface area contributed by atoms with Crippen molar-refractivity contribution in [3.05, 3.63) is 21.4 Å². The second-order valence-electron chi connectivity index (χ2n) is 6.39. The highest BCUT2D eigenvalue weighted by molar-refractivity contribution is 7.14. The van der Waals surface area contributed by atoms with E-state index in [1.807, 2.05) is 17.9 Å². The number of carbonyl (C=O) groups excluding carboxylic acids is 1. The minimum absolute atomic E-state index is 0.0755. The number of amides is 1. The number of rotatable bonds is 2. The largest absolute Gasteiger partial charge is 0.395 e. The molecule has 0 aromatic carbocycles. The van der Waals surface area contributed by atoms with Gasteiger partial charge in [-0.2, -0.15) is 0 Å². The van der Waals surface area contributed by atoms with Crippen LogP contribution in [0.15, 0.2) is 6.07 Å². The number of carbonyl (C=O) groups is 1. The van der Waals surface area contributed by atoms with Crippen LogP contribution in [0.25, 0.3) is 0 Å². The van der Waals surface area contributed by atoms with Crippen LogP contribution in [-0.4, -0.2) is 35.6 Å². The zero-order valence-corrected chi connectivity index (χ0v) is 13.8. The van der Waals surface area contributed by atoms with Crippen LogP contribution in [0, 0.1) is 24.2 Å². The summed E-state index contributed by atoms with van der Waals surface area (Å²) < 4.78 is 0. The predicted octanol–water partition coefficient (Wildman–Crippen LogP) is 3.05. The number of nitrogens with zero attached hydrogens (tertiary/aromatic N) is 1. The van der Waals surface area contributed by atoms with Gasteiger partial charge in [0, 0.05) is 19.5 Å². The van der Waals surface area contributed by atoms with E-state index in [0.29, 0.717) is 6.42 Å². The third-order valence-electron chi connectivity index (χ3n) is 3.75. The molecule has 0 bridgehead atoms. The molecule has 3 nitrogen and oxygen atoms in total. The number of hydrogen-bond acceptors (Lipinski definition) is 3. The maximum Gasteiger partial charge on any atom is 0.263 e. The van der Waals surface area contributed by atoms with Crippen LogP contribution >= 0.6 is 11.3 Å². The van der Waals surface area contributed by atoms with E-state index >= 15 is 0 Å². The maximum absolute atomic E-state index is 12.6. The van der Waals surface area contributed by atoms with Crippen molar-refractivity contribution in [3.8, 4) is 11.8 Å². The van der Waals surface area contributed by atoms with Gasteiger partial charge in [0.1, 0.15) is 0 Å². The van der Waals surface area contributed by atoms with Gasteiger partial charge >= 0.3 is 0 Å². The van der Waals surface area contributed by atoms with E-state index in [0.717, 1.165) is 34.8 Å². The lowest BCUT2D eigenvalue weighted by Gasteiger charge is -2.37. The molecule has 4 heteroatoms. The maximum atomic E-state index is 12.6. The summed E-state index contributed by atoms with van der Waals surface area (Å²) >= 11 is 1.47. The van der Waals surface area contributed by atoms with Crippen LogP contribution in [-0.2, 0) is 0 Å². The van der Waals surface area contributed by atoms with Crippen LogP contribution in [0.3, 0.4) is 0 Å². The summed E-state index contributed by atoms with van der Waals surface area (Å²) in [7, 11) is 0. The number of piperidine rings is 1. The van der Waals surface area contributed by atoms with Crippen molar-refractivity contribution < 1.29 is 9.90 Å². The van der Waals surface area contributed by atoms with Crippen LogP contribution in [0.4, 0.5) is 0 Å². The first-order chi connectivity index (χ1) is 9.93. The SMILES string of the molecule is Cc1cc(C(=O)N2CCCC(C)(C)C2)sc1C#CCCO. The van der Waals surface area contributed by atoms with Crippen LogP contribution in [0.1, 0.15) is 53.2 Å². The fourth-order valence-electron chi connectivity index (χ4n) is 2.66. The lowest BCUT2D eigenvalue weighted by atomic mass is 9.84. The quantitative estimate of drug-likeness (QED) is 0.853. The minimum atomic E-state index is 0.0755. The van der Waals surface area contributed by atoms with Gasteiger partial charge in [0.15, 0.2) is 0 Å². The van der Waals surface area contributed by atoms with E-state index in [2.05, 4.69) is 25.7 Å². The van der Waals surface area contributed by atoms with Crippen molar-refractivity contribution >= 4 is 17.2 Å². The van der Waals surface area contributed by atoms with Gasteiger partial charge in [0.25, 0.3) is 5.91 Å². The molecule has 0 atom stereocenters. The summed E-state index contributed by atoms with van der Waals surface area (Å²) in [6.45, 7) is 8.18. The summed E-state index contributed by atoms with van der Waals surface area (Å²) in [5, 5.41) is 8.77. The Labute approximate surface area is 131 Å². The molecule has 1 fully saturated rings. The van der Waals surface area contributed by atoms with Crippen LogP contribution < -0.4 is 0 Å². The molecular formula is C17H23NO2S. The normalized spacial score (nSPS) is 17.2. The Morgan fingerprint density at radius 1 is 1.52 bits per heavy atom. The third kappa shape index (κ3) is 4.09. The Kier molecular flexibility index (Phi) is 5.08. The summed E-state index contributed by atoms with van der Waals surface area (Å²) in [4.78, 5) is 16.3. The Morgan fingerprint density at radius 2 is 2.29 bits per heavy atom. The first-order valence-corrected chi connectivity index (χ1v) is 8.24. The van der Waals surface area contributed by atoms with Gasteiger partial charge in [-0.25, -0.2) is 0 Å². The highest BCUT2D eigenvalue weighted by Crippen LogP contribution is 2.30. The van der Waals surface area contributed by atoms with E-state index in [9.17, 15) is 4.79 Å². The molecule has 114 valence electrons. The van der Waals surface area contributed by atoms with Crippen molar-refractivity contribution in [1.29, 1.82) is 0 Å². The van der Waals surface area contributed by atoms with Gasteiger partial charge in [-0.3, -0.25) is 4.79 Å². The molecule has 0 saturated carbocycles. The summed E-state index contributed by atoms with van der Waals surface area (Å²) in [6, 6.07) is 1.94. The highest BCUT2D eigenvalue weighted by atomic mass is 32.1. The van der Waals surface area contributed by atoms with Gasteiger partial charge in [0.2, 0.25) is 0 Å². The second-order valence-corrected chi connectivity index (χ2v) is 7.44. The van der Waals surface area contributed by atoms with E-state index in [4.69, 9.17) is 5.11 Å². The molecule has 0 spiro atoms. The third-order valence-corrected chi connectivity index (χ3v) is 4.90. The van der Waals surface area contributed by atoms with Crippen molar-refractivity contribution in [2.45, 2.75) is 40.0 Å². The smallest absolute Gasteiger partial charge is 0.263 e. The Morgan fingerprint density at radius 3 is 2.95 bits per heavy atom. The van der Waals surface area contributed by atoms with E-state index < -0.39 is 0 Å². The summed E-state index contributed by atoms with van der Waals surface area (Å²) in [6.07, 6.45) is 2.73. The van der Waals surface area contributed by atoms with Crippen LogP contribution in [0.5, 0.6) is 0 Å². The fraction of sp³-hybridized carbons (Fsp3) is 0.588. The summed E-state index contributed by atoms with van der Waals surface area (Å²) in [5.41, 5.74) is 1.26. The molecule has 1 aromatic rings. The molecule has 1 aromatic heterocycles. The number of thiophene rings is 1. The predicted molar refractivity (Wildman–Crippen MR) is 86.6 cm³/mol. The highest BCUT2D eigenvalue weighted by Gasteiger charge is 2.30. The standard InChI is InChI=1S/C17H23NO2S/c1-13-11-15(21-14(13)7-4-5-10-19)16(20)18-9-6-8-17(2,3)12-18/h11,19H,5-6,8-10,12H2,1-3H3. The zero-order valence-electron chi connectivity index (χ0n) is 13.0. The minimum Gasteiger partial charge on any atom is -0.395 e. The molecule has 1 amide bonds. The molecule has 1 aliphatic rings. The number of aliphatic hydroxyl groups excluding tert-OH is 1. The van der Waals surface area contributed by atoms with E-state index in [-0.39, 0.29) is 17.9 Å². The Balaban J connectivity index is 2.13. The van der Waals surface area contributed by atoms with Crippen LogP contribution in [0.2, 0.25) is 0 Å². The Hall–Kier alpha value is -1.31. The molecule has 0 radical (unpaired) electrons. The molecule has 21 heavy (non-hydrogen) atoms. The molecule has 1 N–H and O–H groups in total.